The number of nitrogens with one attached hydrogen (secondary N) is 1. The Morgan fingerprint density at radius 2 is 2.41 bits per heavy atom. The Hall–Kier alpha value is -0.910. The number of hydrogen-bond donors (Lipinski definition) is 1. The smallest absolute Gasteiger partial charge is 0.185 e. The molecular weight excluding hydrogens is 250 g/mol. The summed E-state index contributed by atoms with van der Waals surface area (Å²) in [5.74, 6) is 0. The molecule has 5 heteroatoms. The molecule has 0 aromatic carbocycles. The average Bonchev–Trinajstić information content (AvgIpc) is 2.96. The maximum Gasteiger partial charge on any atom is 0.185 e. The van der Waals surface area contributed by atoms with E-state index in [4.69, 9.17) is 0 Å². The molecule has 0 fully saturated rings. The van der Waals surface area contributed by atoms with E-state index in [-0.39, 0.29) is 0 Å². The first-order valence-corrected chi connectivity index (χ1v) is 7.52. The lowest BCUT2D eigenvalue weighted by atomic mass is 10.1. The van der Waals surface area contributed by atoms with Crippen LogP contribution in [0.4, 0.5) is 5.13 Å². The Morgan fingerprint density at radius 1 is 1.47 bits per heavy atom. The second-order valence-electron chi connectivity index (χ2n) is 4.19. The lowest BCUT2D eigenvalue weighted by Crippen LogP contribution is -2.29. The highest BCUT2D eigenvalue weighted by atomic mass is 32.1. The van der Waals surface area contributed by atoms with Crippen molar-refractivity contribution in [3.8, 4) is 0 Å². The van der Waals surface area contributed by atoms with Crippen LogP contribution in [-0.2, 0) is 19.5 Å². The Labute approximate surface area is 109 Å². The summed E-state index contributed by atoms with van der Waals surface area (Å²) in [5, 5.41) is 8.64. The molecule has 0 amide bonds. The first kappa shape index (κ1) is 11.2. The topological polar surface area (TPSA) is 28.2 Å². The van der Waals surface area contributed by atoms with Crippen LogP contribution in [0.1, 0.15) is 16.1 Å². The summed E-state index contributed by atoms with van der Waals surface area (Å²) in [5.41, 5.74) is 2.62. The normalized spacial score (nSPS) is 15.0. The van der Waals surface area contributed by atoms with Gasteiger partial charge in [0, 0.05) is 29.9 Å². The molecule has 0 aliphatic carbocycles. The summed E-state index contributed by atoms with van der Waals surface area (Å²) in [6.07, 6.45) is 1.16. The third-order valence-corrected chi connectivity index (χ3v) is 4.95. The third-order valence-electron chi connectivity index (χ3n) is 2.98. The molecule has 17 heavy (non-hydrogen) atoms. The van der Waals surface area contributed by atoms with E-state index in [1.165, 1.54) is 5.56 Å². The molecule has 0 unspecified atom stereocenters. The van der Waals surface area contributed by atoms with Crippen LogP contribution in [0, 0.1) is 0 Å². The van der Waals surface area contributed by atoms with Gasteiger partial charge in [0.2, 0.25) is 0 Å². The predicted molar refractivity (Wildman–Crippen MR) is 74.0 cm³/mol. The molecule has 1 N–H and O–H groups in total. The lowest BCUT2D eigenvalue weighted by molar-refractivity contribution is 0.733. The van der Waals surface area contributed by atoms with Crippen molar-refractivity contribution in [1.29, 1.82) is 0 Å². The fourth-order valence-electron chi connectivity index (χ4n) is 2.12. The van der Waals surface area contributed by atoms with Gasteiger partial charge in [-0.3, -0.25) is 0 Å². The molecule has 90 valence electrons. The third kappa shape index (κ3) is 2.22. The SMILES string of the molecule is CNCc1csc(N2CCc3sccc3C2)n1. The zero-order valence-corrected chi connectivity index (χ0v) is 11.4. The number of rotatable bonds is 3. The van der Waals surface area contributed by atoms with Crippen molar-refractivity contribution in [2.45, 2.75) is 19.5 Å². The molecule has 3 rings (SSSR count). The lowest BCUT2D eigenvalue weighted by Gasteiger charge is -2.26. The van der Waals surface area contributed by atoms with E-state index < -0.39 is 0 Å². The number of fused-ring (bicyclic) bond motifs is 1. The van der Waals surface area contributed by atoms with Crippen LogP contribution in [-0.4, -0.2) is 18.6 Å². The summed E-state index contributed by atoms with van der Waals surface area (Å²) in [6, 6.07) is 2.24. The molecule has 2 aromatic rings. The Morgan fingerprint density at radius 3 is 3.29 bits per heavy atom. The van der Waals surface area contributed by atoms with Crippen LogP contribution in [0.5, 0.6) is 0 Å². The van der Waals surface area contributed by atoms with Gasteiger partial charge in [-0.15, -0.1) is 22.7 Å². The van der Waals surface area contributed by atoms with E-state index >= 15 is 0 Å². The number of hydrogen-bond acceptors (Lipinski definition) is 5. The van der Waals surface area contributed by atoms with E-state index in [0.717, 1.165) is 36.9 Å². The van der Waals surface area contributed by atoms with Crippen molar-refractivity contribution in [2.75, 3.05) is 18.5 Å². The van der Waals surface area contributed by atoms with E-state index in [0.29, 0.717) is 0 Å². The molecule has 3 nitrogen and oxygen atoms in total. The second-order valence-corrected chi connectivity index (χ2v) is 6.03. The van der Waals surface area contributed by atoms with E-state index in [1.54, 1.807) is 16.2 Å². The Balaban J connectivity index is 1.77. The Kier molecular flexibility index (Phi) is 3.13. The minimum Gasteiger partial charge on any atom is -0.343 e. The van der Waals surface area contributed by atoms with E-state index in [1.807, 2.05) is 18.4 Å². The molecule has 1 aliphatic heterocycles. The van der Waals surface area contributed by atoms with E-state index in [2.05, 4.69) is 32.0 Å². The number of thiophene rings is 1. The first-order valence-electron chi connectivity index (χ1n) is 5.76. The molecule has 0 radical (unpaired) electrons. The van der Waals surface area contributed by atoms with Crippen molar-refractivity contribution < 1.29 is 0 Å². The second kappa shape index (κ2) is 4.76. The van der Waals surface area contributed by atoms with Crippen molar-refractivity contribution in [1.82, 2.24) is 10.3 Å². The van der Waals surface area contributed by atoms with Crippen LogP contribution < -0.4 is 10.2 Å². The van der Waals surface area contributed by atoms with Gasteiger partial charge in [-0.2, -0.15) is 0 Å². The molecular formula is C12H15N3S2. The number of nitrogens with zero attached hydrogens (tertiary/aromatic N) is 2. The summed E-state index contributed by atoms with van der Waals surface area (Å²) < 4.78 is 0. The van der Waals surface area contributed by atoms with Gasteiger partial charge >= 0.3 is 0 Å². The molecule has 0 spiro atoms. The average molecular weight is 265 g/mol. The molecule has 0 saturated heterocycles. The number of aromatic nitrogens is 1. The van der Waals surface area contributed by atoms with Crippen LogP contribution >= 0.6 is 22.7 Å². The standard InChI is InChI=1S/C12H15N3S2/c1-13-6-10-8-17-12(14-10)15-4-2-11-9(7-15)3-5-16-11/h3,5,8,13H,2,4,6-7H2,1H3. The quantitative estimate of drug-likeness (QED) is 0.924. The van der Waals surface area contributed by atoms with Crippen molar-refractivity contribution in [3.05, 3.63) is 33.0 Å². The van der Waals surface area contributed by atoms with Crippen LogP contribution in [0.25, 0.3) is 0 Å². The van der Waals surface area contributed by atoms with Crippen molar-refractivity contribution in [2.24, 2.45) is 0 Å². The summed E-state index contributed by atoms with van der Waals surface area (Å²) in [6.45, 7) is 2.97. The number of anilines is 1. The molecule has 0 bridgehead atoms. The minimum absolute atomic E-state index is 0.855. The molecule has 0 saturated carbocycles. The molecule has 2 aromatic heterocycles. The van der Waals surface area contributed by atoms with Gasteiger partial charge in [-0.1, -0.05) is 0 Å². The van der Waals surface area contributed by atoms with Gasteiger partial charge < -0.3 is 10.2 Å². The zero-order chi connectivity index (χ0) is 11.7. The highest BCUT2D eigenvalue weighted by Crippen LogP contribution is 2.29. The largest absolute Gasteiger partial charge is 0.343 e. The summed E-state index contributed by atoms with van der Waals surface area (Å²) >= 11 is 3.63. The van der Waals surface area contributed by atoms with Gasteiger partial charge in [0.15, 0.2) is 5.13 Å². The van der Waals surface area contributed by atoms with Crippen molar-refractivity contribution in [3.63, 3.8) is 0 Å². The van der Waals surface area contributed by atoms with Crippen LogP contribution in [0.2, 0.25) is 0 Å². The fraction of sp³-hybridized carbons (Fsp3) is 0.417. The fourth-order valence-corrected chi connectivity index (χ4v) is 3.86. The summed E-state index contributed by atoms with van der Waals surface area (Å²) in [7, 11) is 1.96. The number of thiazole rings is 1. The van der Waals surface area contributed by atoms with Crippen LogP contribution in [0.3, 0.4) is 0 Å². The Bertz CT molecular complexity index is 503. The monoisotopic (exact) mass is 265 g/mol. The maximum absolute atomic E-state index is 4.67. The zero-order valence-electron chi connectivity index (χ0n) is 9.77. The minimum atomic E-state index is 0.855. The van der Waals surface area contributed by atoms with Gasteiger partial charge in [0.25, 0.3) is 0 Å². The molecule has 0 atom stereocenters. The highest BCUT2D eigenvalue weighted by Gasteiger charge is 2.19. The van der Waals surface area contributed by atoms with E-state index in [9.17, 15) is 0 Å². The van der Waals surface area contributed by atoms with Gasteiger partial charge in [-0.25, -0.2) is 4.98 Å². The first-order chi connectivity index (χ1) is 8.36. The predicted octanol–water partition coefficient (Wildman–Crippen LogP) is 2.49. The van der Waals surface area contributed by atoms with Gasteiger partial charge in [0.1, 0.15) is 0 Å². The van der Waals surface area contributed by atoms with Gasteiger partial charge in [0.05, 0.1) is 5.69 Å². The molecule has 3 heterocycles. The maximum atomic E-state index is 4.67. The van der Waals surface area contributed by atoms with Crippen LogP contribution in [0.15, 0.2) is 16.8 Å². The van der Waals surface area contributed by atoms with Crippen molar-refractivity contribution >= 4 is 27.8 Å². The summed E-state index contributed by atoms with van der Waals surface area (Å²) in [4.78, 5) is 8.60. The van der Waals surface area contributed by atoms with Gasteiger partial charge in [-0.05, 0) is 30.5 Å². The molecule has 1 aliphatic rings. The highest BCUT2D eigenvalue weighted by molar-refractivity contribution is 7.13.